The van der Waals surface area contributed by atoms with Gasteiger partial charge in [0, 0.05) is 24.5 Å². The predicted molar refractivity (Wildman–Crippen MR) is 118 cm³/mol. The summed E-state index contributed by atoms with van der Waals surface area (Å²) < 4.78 is 13.1. The quantitative estimate of drug-likeness (QED) is 0.656. The molecule has 30 heavy (non-hydrogen) atoms. The first-order chi connectivity index (χ1) is 14.5. The summed E-state index contributed by atoms with van der Waals surface area (Å²) in [6, 6.07) is 13.4. The van der Waals surface area contributed by atoms with Gasteiger partial charge in [0.05, 0.1) is 0 Å². The molecule has 160 valence electrons. The molecule has 0 spiro atoms. The highest BCUT2D eigenvalue weighted by atomic mass is 19.1. The minimum absolute atomic E-state index is 0.118. The van der Waals surface area contributed by atoms with Crippen molar-refractivity contribution in [3.8, 4) is 5.75 Å². The van der Waals surface area contributed by atoms with E-state index in [1.54, 1.807) is 0 Å². The van der Waals surface area contributed by atoms with Crippen molar-refractivity contribution < 1.29 is 9.50 Å². The summed E-state index contributed by atoms with van der Waals surface area (Å²) in [5, 5.41) is 13.8. The summed E-state index contributed by atoms with van der Waals surface area (Å²) in [5.41, 5.74) is 4.03. The van der Waals surface area contributed by atoms with Gasteiger partial charge >= 0.3 is 0 Å². The Bertz CT molecular complexity index is 894. The number of rotatable bonds is 7. The number of nitrogens with zero attached hydrogens (tertiary/aromatic N) is 1. The van der Waals surface area contributed by atoms with Crippen LogP contribution in [-0.4, -0.2) is 35.7 Å². The molecule has 1 heterocycles. The molecular formula is C26H33FN2O. The standard InChI is InChI=1S/C26H33FN2O/c1-18-25-14-21-6-9-23(30)15-24(21)26(18,11-13-29(25)17-20-2-3-20)10-12-28-16-19-4-7-22(27)8-5-19/h4-9,15,18,20,25,28,30H,2-3,10-14,16-17H2,1H3/t18-,25+,26-/m0/s1. The van der Waals surface area contributed by atoms with Crippen molar-refractivity contribution in [2.45, 2.75) is 57.0 Å². The molecule has 2 fully saturated rings. The fourth-order valence-electron chi connectivity index (χ4n) is 6.03. The molecule has 1 aliphatic heterocycles. The van der Waals surface area contributed by atoms with E-state index in [1.807, 2.05) is 24.3 Å². The van der Waals surface area contributed by atoms with E-state index in [9.17, 15) is 9.50 Å². The highest BCUT2D eigenvalue weighted by Gasteiger charge is 2.51. The molecule has 4 heteroatoms. The minimum atomic E-state index is -0.186. The second-order valence-corrected chi connectivity index (χ2v) is 9.80. The minimum Gasteiger partial charge on any atom is -0.508 e. The lowest BCUT2D eigenvalue weighted by molar-refractivity contribution is 0.0158. The SMILES string of the molecule is C[C@H]1[C@H]2Cc3ccc(O)cc3[C@@]1(CCNCc1ccc(F)cc1)CCN2CC1CC1. The van der Waals surface area contributed by atoms with Gasteiger partial charge in [-0.05, 0) is 98.0 Å². The Balaban J connectivity index is 1.34. The van der Waals surface area contributed by atoms with Crippen LogP contribution in [0.1, 0.15) is 49.3 Å². The van der Waals surface area contributed by atoms with Gasteiger partial charge in [-0.1, -0.05) is 25.1 Å². The zero-order valence-corrected chi connectivity index (χ0v) is 17.9. The van der Waals surface area contributed by atoms with E-state index in [0.29, 0.717) is 17.7 Å². The zero-order chi connectivity index (χ0) is 20.7. The van der Waals surface area contributed by atoms with Crippen LogP contribution in [0.5, 0.6) is 5.75 Å². The van der Waals surface area contributed by atoms with E-state index in [-0.39, 0.29) is 11.2 Å². The van der Waals surface area contributed by atoms with Crippen molar-refractivity contribution in [1.29, 1.82) is 0 Å². The number of nitrogens with one attached hydrogen (secondary N) is 1. The summed E-state index contributed by atoms with van der Waals surface area (Å²) >= 11 is 0. The molecule has 0 unspecified atom stereocenters. The Morgan fingerprint density at radius 3 is 2.73 bits per heavy atom. The maximum atomic E-state index is 13.1. The van der Waals surface area contributed by atoms with Gasteiger partial charge < -0.3 is 10.4 Å². The second kappa shape index (κ2) is 7.97. The van der Waals surface area contributed by atoms with Crippen LogP contribution in [0.4, 0.5) is 4.39 Å². The molecule has 3 aliphatic rings. The lowest BCUT2D eigenvalue weighted by Gasteiger charge is -2.56. The van der Waals surface area contributed by atoms with Gasteiger partial charge in [0.25, 0.3) is 0 Å². The highest BCUT2D eigenvalue weighted by Crippen LogP contribution is 2.52. The van der Waals surface area contributed by atoms with E-state index in [4.69, 9.17) is 0 Å². The summed E-state index contributed by atoms with van der Waals surface area (Å²) in [4.78, 5) is 2.77. The number of hydrogen-bond acceptors (Lipinski definition) is 3. The molecule has 0 amide bonds. The second-order valence-electron chi connectivity index (χ2n) is 9.80. The van der Waals surface area contributed by atoms with Crippen LogP contribution >= 0.6 is 0 Å². The monoisotopic (exact) mass is 408 g/mol. The van der Waals surface area contributed by atoms with Crippen molar-refractivity contribution in [1.82, 2.24) is 10.2 Å². The Morgan fingerprint density at radius 1 is 1.17 bits per heavy atom. The zero-order valence-electron chi connectivity index (χ0n) is 17.9. The van der Waals surface area contributed by atoms with E-state index < -0.39 is 0 Å². The molecule has 3 nitrogen and oxygen atoms in total. The van der Waals surface area contributed by atoms with Crippen molar-refractivity contribution in [3.63, 3.8) is 0 Å². The molecule has 0 radical (unpaired) electrons. The number of phenolic OH excluding ortho intramolecular Hbond substituents is 1. The lowest BCUT2D eigenvalue weighted by atomic mass is 9.56. The van der Waals surface area contributed by atoms with E-state index in [1.165, 1.54) is 49.2 Å². The summed E-state index contributed by atoms with van der Waals surface area (Å²) in [6.07, 6.45) is 6.14. The molecular weight excluding hydrogens is 375 g/mol. The van der Waals surface area contributed by atoms with E-state index in [0.717, 1.165) is 43.8 Å². The molecule has 3 atom stereocenters. The van der Waals surface area contributed by atoms with Gasteiger partial charge in [-0.25, -0.2) is 4.39 Å². The van der Waals surface area contributed by atoms with Gasteiger partial charge in [-0.3, -0.25) is 4.90 Å². The van der Waals surface area contributed by atoms with Crippen molar-refractivity contribution >= 4 is 0 Å². The average molecular weight is 409 g/mol. The fourth-order valence-corrected chi connectivity index (χ4v) is 6.03. The summed E-state index contributed by atoms with van der Waals surface area (Å²) in [6.45, 7) is 6.55. The molecule has 1 saturated carbocycles. The number of hydrogen-bond donors (Lipinski definition) is 2. The first kappa shape index (κ1) is 20.0. The molecule has 5 rings (SSSR count). The third kappa shape index (κ3) is 3.76. The smallest absolute Gasteiger partial charge is 0.123 e. The van der Waals surface area contributed by atoms with Gasteiger partial charge in [0.2, 0.25) is 0 Å². The van der Waals surface area contributed by atoms with Gasteiger partial charge in [0.1, 0.15) is 11.6 Å². The number of fused-ring (bicyclic) bond motifs is 4. The number of likely N-dealkylation sites (tertiary alicyclic amines) is 1. The third-order valence-corrected chi connectivity index (χ3v) is 8.00. The fraction of sp³-hybridized carbons (Fsp3) is 0.538. The first-order valence-corrected chi connectivity index (χ1v) is 11.6. The van der Waals surface area contributed by atoms with Crippen LogP contribution in [0, 0.1) is 17.7 Å². The molecule has 2 aromatic carbocycles. The Kier molecular flexibility index (Phi) is 5.32. The molecule has 1 saturated heterocycles. The van der Waals surface area contributed by atoms with Crippen molar-refractivity contribution in [3.05, 3.63) is 65.0 Å². The van der Waals surface area contributed by atoms with Crippen LogP contribution < -0.4 is 5.32 Å². The average Bonchev–Trinajstić information content (AvgIpc) is 3.55. The van der Waals surface area contributed by atoms with Gasteiger partial charge in [0.15, 0.2) is 0 Å². The number of halogens is 1. The number of aromatic hydroxyl groups is 1. The maximum absolute atomic E-state index is 13.1. The molecule has 0 aromatic heterocycles. The van der Waals surface area contributed by atoms with Crippen LogP contribution in [0.3, 0.4) is 0 Å². The third-order valence-electron chi connectivity index (χ3n) is 8.00. The van der Waals surface area contributed by atoms with Crippen LogP contribution in [-0.2, 0) is 18.4 Å². The Labute approximate surface area is 179 Å². The number of benzene rings is 2. The summed E-state index contributed by atoms with van der Waals surface area (Å²) in [7, 11) is 0. The van der Waals surface area contributed by atoms with Crippen LogP contribution in [0.15, 0.2) is 42.5 Å². The summed E-state index contributed by atoms with van der Waals surface area (Å²) in [5.74, 6) is 1.70. The molecule has 2 bridgehead atoms. The normalized spacial score (nSPS) is 28.3. The van der Waals surface area contributed by atoms with E-state index in [2.05, 4.69) is 23.2 Å². The molecule has 2 aliphatic carbocycles. The first-order valence-electron chi connectivity index (χ1n) is 11.6. The topological polar surface area (TPSA) is 35.5 Å². The maximum Gasteiger partial charge on any atom is 0.123 e. The highest BCUT2D eigenvalue weighted by molar-refractivity contribution is 5.44. The van der Waals surface area contributed by atoms with Gasteiger partial charge in [-0.2, -0.15) is 0 Å². The largest absolute Gasteiger partial charge is 0.508 e. The lowest BCUT2D eigenvalue weighted by Crippen LogP contribution is -2.59. The predicted octanol–water partition coefficient (Wildman–Crippen LogP) is 4.63. The number of phenols is 1. The Hall–Kier alpha value is -1.91. The van der Waals surface area contributed by atoms with E-state index >= 15 is 0 Å². The number of piperidine rings is 1. The Morgan fingerprint density at radius 2 is 1.97 bits per heavy atom. The van der Waals surface area contributed by atoms with Crippen LogP contribution in [0.25, 0.3) is 0 Å². The molecule has 2 N–H and O–H groups in total. The van der Waals surface area contributed by atoms with Gasteiger partial charge in [-0.15, -0.1) is 0 Å². The van der Waals surface area contributed by atoms with Crippen molar-refractivity contribution in [2.75, 3.05) is 19.6 Å². The van der Waals surface area contributed by atoms with Crippen LogP contribution in [0.2, 0.25) is 0 Å². The molecule has 2 aromatic rings. The van der Waals surface area contributed by atoms with Crippen molar-refractivity contribution in [2.24, 2.45) is 11.8 Å².